The van der Waals surface area contributed by atoms with Gasteiger partial charge in [0.1, 0.15) is 0 Å². The molecule has 20 heavy (non-hydrogen) atoms. The quantitative estimate of drug-likeness (QED) is 0.690. The van der Waals surface area contributed by atoms with Gasteiger partial charge in [0.2, 0.25) is 0 Å². The van der Waals surface area contributed by atoms with Crippen molar-refractivity contribution < 1.29 is 24.5 Å². The van der Waals surface area contributed by atoms with Crippen LogP contribution in [-0.4, -0.2) is 65.1 Å². The SMILES string of the molecule is CC(C)(NC(=O)N1CCOCC1CO)C(C)(C)C(=O)O. The van der Waals surface area contributed by atoms with Crippen molar-refractivity contribution in [2.75, 3.05) is 26.4 Å². The van der Waals surface area contributed by atoms with Gasteiger partial charge in [0.25, 0.3) is 0 Å². The maximum atomic E-state index is 12.3. The minimum Gasteiger partial charge on any atom is -0.481 e. The topological polar surface area (TPSA) is 99.1 Å². The van der Waals surface area contributed by atoms with E-state index in [1.54, 1.807) is 27.7 Å². The van der Waals surface area contributed by atoms with Crippen molar-refractivity contribution in [3.8, 4) is 0 Å². The van der Waals surface area contributed by atoms with Gasteiger partial charge in [0, 0.05) is 6.54 Å². The van der Waals surface area contributed by atoms with E-state index in [2.05, 4.69) is 5.32 Å². The highest BCUT2D eigenvalue weighted by molar-refractivity contribution is 5.80. The zero-order valence-electron chi connectivity index (χ0n) is 12.5. The Morgan fingerprint density at radius 3 is 2.45 bits per heavy atom. The van der Waals surface area contributed by atoms with E-state index in [4.69, 9.17) is 4.74 Å². The number of nitrogens with zero attached hydrogens (tertiary/aromatic N) is 1. The highest BCUT2D eigenvalue weighted by Crippen LogP contribution is 2.31. The number of hydrogen-bond donors (Lipinski definition) is 3. The third kappa shape index (κ3) is 3.21. The molecule has 1 aliphatic rings. The smallest absolute Gasteiger partial charge is 0.318 e. The molecule has 116 valence electrons. The summed E-state index contributed by atoms with van der Waals surface area (Å²) in [7, 11) is 0. The molecule has 1 atom stereocenters. The van der Waals surface area contributed by atoms with Gasteiger partial charge in [0.15, 0.2) is 0 Å². The van der Waals surface area contributed by atoms with E-state index in [1.807, 2.05) is 0 Å². The summed E-state index contributed by atoms with van der Waals surface area (Å²) >= 11 is 0. The molecule has 1 fully saturated rings. The van der Waals surface area contributed by atoms with E-state index in [0.29, 0.717) is 13.2 Å². The van der Waals surface area contributed by atoms with Gasteiger partial charge in [-0.15, -0.1) is 0 Å². The van der Waals surface area contributed by atoms with Gasteiger partial charge < -0.3 is 25.2 Å². The monoisotopic (exact) mass is 288 g/mol. The molecule has 1 unspecified atom stereocenters. The number of urea groups is 1. The Balaban J connectivity index is 2.80. The minimum absolute atomic E-state index is 0.184. The average molecular weight is 288 g/mol. The number of aliphatic hydroxyl groups is 1. The third-order valence-electron chi connectivity index (χ3n) is 4.22. The Morgan fingerprint density at radius 1 is 1.35 bits per heavy atom. The summed E-state index contributed by atoms with van der Waals surface area (Å²) in [5.41, 5.74) is -2.06. The molecule has 0 aromatic carbocycles. The van der Waals surface area contributed by atoms with Crippen molar-refractivity contribution in [2.45, 2.75) is 39.3 Å². The molecular formula is C13H24N2O5. The van der Waals surface area contributed by atoms with Crippen LogP contribution >= 0.6 is 0 Å². The lowest BCUT2D eigenvalue weighted by Gasteiger charge is -2.42. The molecule has 1 rings (SSSR count). The van der Waals surface area contributed by atoms with Crippen molar-refractivity contribution in [2.24, 2.45) is 5.41 Å². The third-order valence-corrected chi connectivity index (χ3v) is 4.22. The van der Waals surface area contributed by atoms with Gasteiger partial charge in [-0.3, -0.25) is 4.79 Å². The van der Waals surface area contributed by atoms with E-state index >= 15 is 0 Å². The first-order chi connectivity index (χ1) is 9.13. The maximum absolute atomic E-state index is 12.3. The number of amides is 2. The average Bonchev–Trinajstić information content (AvgIpc) is 2.37. The summed E-state index contributed by atoms with van der Waals surface area (Å²) in [5, 5.41) is 21.3. The molecule has 0 bridgehead atoms. The second-order valence-electron chi connectivity index (χ2n) is 6.09. The molecule has 0 aromatic rings. The molecular weight excluding hydrogens is 264 g/mol. The Hall–Kier alpha value is -1.34. The Morgan fingerprint density at radius 2 is 1.95 bits per heavy atom. The van der Waals surface area contributed by atoms with Crippen LogP contribution in [0, 0.1) is 5.41 Å². The Kier molecular flexibility index (Phi) is 4.99. The second kappa shape index (κ2) is 5.97. The molecule has 0 aromatic heterocycles. The standard InChI is InChI=1S/C13H24N2O5/c1-12(2,10(17)18)13(3,4)14-11(19)15-5-6-20-8-9(15)7-16/h9,16H,5-8H2,1-4H3,(H,14,19)(H,17,18). The van der Waals surface area contributed by atoms with Crippen LogP contribution in [-0.2, 0) is 9.53 Å². The molecule has 1 saturated heterocycles. The van der Waals surface area contributed by atoms with E-state index in [9.17, 15) is 19.8 Å². The number of carboxylic acids is 1. The summed E-state index contributed by atoms with van der Waals surface area (Å²) in [6.07, 6.45) is 0. The molecule has 0 spiro atoms. The number of rotatable bonds is 4. The molecule has 1 aliphatic heterocycles. The van der Waals surface area contributed by atoms with Crippen LogP contribution in [0.4, 0.5) is 4.79 Å². The van der Waals surface area contributed by atoms with Gasteiger partial charge in [-0.2, -0.15) is 0 Å². The lowest BCUT2D eigenvalue weighted by Crippen LogP contribution is -2.62. The fraction of sp³-hybridized carbons (Fsp3) is 0.846. The summed E-state index contributed by atoms with van der Waals surface area (Å²) in [5.74, 6) is -0.983. The maximum Gasteiger partial charge on any atom is 0.318 e. The van der Waals surface area contributed by atoms with Crippen molar-refractivity contribution in [1.29, 1.82) is 0 Å². The van der Waals surface area contributed by atoms with Crippen molar-refractivity contribution in [3.05, 3.63) is 0 Å². The largest absolute Gasteiger partial charge is 0.481 e. The van der Waals surface area contributed by atoms with Crippen molar-refractivity contribution in [3.63, 3.8) is 0 Å². The number of nitrogens with one attached hydrogen (secondary N) is 1. The lowest BCUT2D eigenvalue weighted by molar-refractivity contribution is -0.150. The summed E-state index contributed by atoms with van der Waals surface area (Å²) < 4.78 is 5.21. The number of carbonyl (C=O) groups excluding carboxylic acids is 1. The summed E-state index contributed by atoms with van der Waals surface area (Å²) in [6, 6.07) is -0.779. The van der Waals surface area contributed by atoms with Crippen molar-refractivity contribution in [1.82, 2.24) is 10.2 Å². The van der Waals surface area contributed by atoms with E-state index < -0.39 is 23.0 Å². The van der Waals surface area contributed by atoms with Crippen LogP contribution in [0.1, 0.15) is 27.7 Å². The van der Waals surface area contributed by atoms with E-state index in [-0.39, 0.29) is 19.2 Å². The highest BCUT2D eigenvalue weighted by atomic mass is 16.5. The highest BCUT2D eigenvalue weighted by Gasteiger charge is 2.45. The molecule has 1 heterocycles. The fourth-order valence-corrected chi connectivity index (χ4v) is 1.84. The predicted molar refractivity (Wildman–Crippen MR) is 72.4 cm³/mol. The number of aliphatic carboxylic acids is 1. The summed E-state index contributed by atoms with van der Waals surface area (Å²) in [6.45, 7) is 7.37. The zero-order valence-corrected chi connectivity index (χ0v) is 12.5. The minimum atomic E-state index is -1.12. The number of aliphatic hydroxyl groups excluding tert-OH is 1. The van der Waals surface area contributed by atoms with Gasteiger partial charge in [-0.05, 0) is 27.7 Å². The van der Waals surface area contributed by atoms with Gasteiger partial charge in [-0.1, -0.05) is 0 Å². The summed E-state index contributed by atoms with van der Waals surface area (Å²) in [4.78, 5) is 25.1. The fourth-order valence-electron chi connectivity index (χ4n) is 1.84. The van der Waals surface area contributed by atoms with Crippen LogP contribution in [0.25, 0.3) is 0 Å². The number of ether oxygens (including phenoxy) is 1. The first-order valence-corrected chi connectivity index (χ1v) is 6.64. The Labute approximate surface area is 118 Å². The number of carboxylic acid groups (broad SMARTS) is 1. The molecule has 7 heteroatoms. The number of hydrogen-bond acceptors (Lipinski definition) is 4. The van der Waals surface area contributed by atoms with Crippen LogP contribution in [0.3, 0.4) is 0 Å². The molecule has 2 amide bonds. The van der Waals surface area contributed by atoms with Gasteiger partial charge >= 0.3 is 12.0 Å². The van der Waals surface area contributed by atoms with Crippen LogP contribution < -0.4 is 5.32 Å². The van der Waals surface area contributed by atoms with E-state index in [0.717, 1.165) is 0 Å². The predicted octanol–water partition coefficient (Wildman–Crippen LogP) is 0.279. The van der Waals surface area contributed by atoms with Gasteiger partial charge in [-0.25, -0.2) is 4.79 Å². The molecule has 0 aliphatic carbocycles. The molecule has 0 radical (unpaired) electrons. The number of morpholine rings is 1. The van der Waals surface area contributed by atoms with Crippen LogP contribution in [0.15, 0.2) is 0 Å². The van der Waals surface area contributed by atoms with Gasteiger partial charge in [0.05, 0.1) is 36.8 Å². The first kappa shape index (κ1) is 16.7. The van der Waals surface area contributed by atoms with Crippen LogP contribution in [0.2, 0.25) is 0 Å². The Bertz CT molecular complexity index is 381. The first-order valence-electron chi connectivity index (χ1n) is 6.64. The molecule has 0 saturated carbocycles. The van der Waals surface area contributed by atoms with E-state index in [1.165, 1.54) is 4.90 Å². The zero-order chi connectivity index (χ0) is 15.6. The lowest BCUT2D eigenvalue weighted by atomic mass is 9.74. The number of carbonyl (C=O) groups is 2. The molecule has 3 N–H and O–H groups in total. The normalized spacial score (nSPS) is 20.6. The van der Waals surface area contributed by atoms with Crippen LogP contribution in [0.5, 0.6) is 0 Å². The molecule has 7 nitrogen and oxygen atoms in total. The second-order valence-corrected chi connectivity index (χ2v) is 6.09. The van der Waals surface area contributed by atoms with Crippen molar-refractivity contribution >= 4 is 12.0 Å².